The molecule has 0 spiro atoms. The third-order valence-electron chi connectivity index (χ3n) is 3.13. The van der Waals surface area contributed by atoms with Crippen molar-refractivity contribution in [2.24, 2.45) is 0 Å². The van der Waals surface area contributed by atoms with Gasteiger partial charge in [-0.05, 0) is 11.6 Å². The Bertz CT molecular complexity index is 698. The number of aromatic nitrogens is 1. The van der Waals surface area contributed by atoms with Crippen LogP contribution in [-0.4, -0.2) is 30.0 Å². The molecule has 2 aromatic rings. The molecule has 1 N–H and O–H groups in total. The second-order valence-corrected chi connectivity index (χ2v) is 4.52. The van der Waals surface area contributed by atoms with Crippen molar-refractivity contribution in [2.45, 2.75) is 6.42 Å². The minimum Gasteiger partial charge on any atom is -0.469 e. The molecule has 0 aliphatic rings. The van der Waals surface area contributed by atoms with Crippen molar-refractivity contribution >= 4 is 17.5 Å². The van der Waals surface area contributed by atoms with Crippen molar-refractivity contribution in [1.29, 1.82) is 0 Å². The number of rotatable bonds is 5. The smallest absolute Gasteiger partial charge is 0.311 e. The number of hydrogen-bond acceptors (Lipinski definition) is 6. The van der Waals surface area contributed by atoms with Crippen LogP contribution in [0.3, 0.4) is 0 Å². The van der Waals surface area contributed by atoms with Crippen molar-refractivity contribution in [2.75, 3.05) is 19.5 Å². The predicted octanol–water partition coefficient (Wildman–Crippen LogP) is 2.41. The number of methoxy groups -OCH3 is 1. The van der Waals surface area contributed by atoms with Crippen LogP contribution in [0.4, 0.5) is 11.5 Å². The molecular weight excluding hydrogens is 286 g/mol. The minimum absolute atomic E-state index is 0.0754. The zero-order valence-electron chi connectivity index (χ0n) is 12.2. The maximum absolute atomic E-state index is 11.2. The quantitative estimate of drug-likeness (QED) is 0.518. The molecule has 114 valence electrons. The van der Waals surface area contributed by atoms with Gasteiger partial charge in [0.2, 0.25) is 5.82 Å². The number of benzene rings is 1. The van der Waals surface area contributed by atoms with Gasteiger partial charge in [-0.2, -0.15) is 0 Å². The van der Waals surface area contributed by atoms with Gasteiger partial charge < -0.3 is 10.1 Å². The molecule has 1 aromatic carbocycles. The van der Waals surface area contributed by atoms with Crippen molar-refractivity contribution in [3.8, 4) is 11.3 Å². The number of hydrogen-bond donors (Lipinski definition) is 1. The molecule has 1 heterocycles. The molecule has 7 nitrogen and oxygen atoms in total. The van der Waals surface area contributed by atoms with Crippen molar-refractivity contribution in [3.63, 3.8) is 0 Å². The Labute approximate surface area is 127 Å². The highest BCUT2D eigenvalue weighted by Gasteiger charge is 2.15. The first kappa shape index (κ1) is 15.4. The Morgan fingerprint density at radius 3 is 2.50 bits per heavy atom. The van der Waals surface area contributed by atoms with Crippen LogP contribution in [0.15, 0.2) is 36.4 Å². The molecular formula is C15H15N3O4. The van der Waals surface area contributed by atoms with Gasteiger partial charge in [0.25, 0.3) is 0 Å². The van der Waals surface area contributed by atoms with E-state index in [2.05, 4.69) is 15.0 Å². The van der Waals surface area contributed by atoms with E-state index in [-0.39, 0.29) is 23.9 Å². The molecule has 0 aliphatic heterocycles. The Morgan fingerprint density at radius 1 is 1.27 bits per heavy atom. The summed E-state index contributed by atoms with van der Waals surface area (Å²) in [7, 11) is 2.93. The van der Waals surface area contributed by atoms with Crippen LogP contribution in [0.1, 0.15) is 5.56 Å². The van der Waals surface area contributed by atoms with E-state index in [9.17, 15) is 14.9 Å². The van der Waals surface area contributed by atoms with Gasteiger partial charge in [-0.25, -0.2) is 4.98 Å². The molecule has 1 aromatic heterocycles. The minimum atomic E-state index is -0.484. The van der Waals surface area contributed by atoms with E-state index >= 15 is 0 Å². The molecule has 2 rings (SSSR count). The van der Waals surface area contributed by atoms with Crippen molar-refractivity contribution < 1.29 is 14.5 Å². The molecule has 0 saturated heterocycles. The highest BCUT2D eigenvalue weighted by molar-refractivity contribution is 5.73. The van der Waals surface area contributed by atoms with Gasteiger partial charge in [-0.3, -0.25) is 14.9 Å². The largest absolute Gasteiger partial charge is 0.469 e. The fourth-order valence-electron chi connectivity index (χ4n) is 1.98. The van der Waals surface area contributed by atoms with Crippen LogP contribution in [0.25, 0.3) is 11.3 Å². The Morgan fingerprint density at radius 2 is 1.95 bits per heavy atom. The Hall–Kier alpha value is -2.96. The summed E-state index contributed by atoms with van der Waals surface area (Å²) < 4.78 is 4.61. The van der Waals surface area contributed by atoms with Crippen LogP contribution in [-0.2, 0) is 16.0 Å². The molecule has 7 heteroatoms. The monoisotopic (exact) mass is 301 g/mol. The molecule has 0 unspecified atom stereocenters. The first-order valence-corrected chi connectivity index (χ1v) is 6.54. The number of nitro groups is 1. The summed E-state index contributed by atoms with van der Waals surface area (Å²) in [6, 6.07) is 10.2. The van der Waals surface area contributed by atoms with Gasteiger partial charge >= 0.3 is 11.7 Å². The third kappa shape index (κ3) is 3.38. The summed E-state index contributed by atoms with van der Waals surface area (Å²) >= 11 is 0. The van der Waals surface area contributed by atoms with E-state index in [1.165, 1.54) is 13.2 Å². The van der Waals surface area contributed by atoms with Gasteiger partial charge in [-0.1, -0.05) is 24.3 Å². The molecule has 0 aliphatic carbocycles. The second-order valence-electron chi connectivity index (χ2n) is 4.52. The molecule has 0 fully saturated rings. The lowest BCUT2D eigenvalue weighted by molar-refractivity contribution is -0.384. The fraction of sp³-hybridized carbons (Fsp3) is 0.200. The van der Waals surface area contributed by atoms with Gasteiger partial charge in [0.05, 0.1) is 24.1 Å². The van der Waals surface area contributed by atoms with E-state index in [0.717, 1.165) is 11.1 Å². The number of nitrogens with zero attached hydrogens (tertiary/aromatic N) is 2. The maximum atomic E-state index is 11.2. The van der Waals surface area contributed by atoms with Gasteiger partial charge in [-0.15, -0.1) is 0 Å². The van der Waals surface area contributed by atoms with E-state index in [4.69, 9.17) is 0 Å². The van der Waals surface area contributed by atoms with Gasteiger partial charge in [0, 0.05) is 18.7 Å². The second kappa shape index (κ2) is 6.66. The average molecular weight is 301 g/mol. The molecule has 22 heavy (non-hydrogen) atoms. The zero-order valence-corrected chi connectivity index (χ0v) is 12.2. The number of pyridine rings is 1. The maximum Gasteiger partial charge on any atom is 0.311 e. The summed E-state index contributed by atoms with van der Waals surface area (Å²) in [5.41, 5.74) is 2.17. The topological polar surface area (TPSA) is 94.4 Å². The van der Waals surface area contributed by atoms with Crippen LogP contribution >= 0.6 is 0 Å². The van der Waals surface area contributed by atoms with Crippen LogP contribution in [0.5, 0.6) is 0 Å². The van der Waals surface area contributed by atoms with Crippen molar-refractivity contribution in [1.82, 2.24) is 4.98 Å². The highest BCUT2D eigenvalue weighted by atomic mass is 16.6. The van der Waals surface area contributed by atoms with E-state index < -0.39 is 4.92 Å². The van der Waals surface area contributed by atoms with Gasteiger partial charge in [0.15, 0.2) is 0 Å². The molecule has 0 radical (unpaired) electrons. The molecule has 0 saturated carbocycles. The fourth-order valence-corrected chi connectivity index (χ4v) is 1.98. The molecule has 0 amide bonds. The lowest BCUT2D eigenvalue weighted by Crippen LogP contribution is -2.04. The zero-order chi connectivity index (χ0) is 16.1. The third-order valence-corrected chi connectivity index (χ3v) is 3.13. The Balaban J connectivity index is 2.28. The van der Waals surface area contributed by atoms with Gasteiger partial charge in [0.1, 0.15) is 0 Å². The summed E-state index contributed by atoms with van der Waals surface area (Å²) in [5.74, 6) is -0.0974. The first-order chi connectivity index (χ1) is 10.5. The van der Waals surface area contributed by atoms with Crippen LogP contribution in [0, 0.1) is 10.1 Å². The normalized spacial score (nSPS) is 10.1. The lowest BCUT2D eigenvalue weighted by atomic mass is 10.1. The number of anilines is 1. The number of nitrogens with one attached hydrogen (secondary N) is 1. The number of esters is 1. The number of ether oxygens (including phenoxy) is 1. The van der Waals surface area contributed by atoms with E-state index in [1.54, 1.807) is 25.2 Å². The summed E-state index contributed by atoms with van der Waals surface area (Å²) in [5, 5.41) is 13.6. The predicted molar refractivity (Wildman–Crippen MR) is 81.6 cm³/mol. The number of carbonyl (C=O) groups excluding carboxylic acids is 1. The Kier molecular flexibility index (Phi) is 4.67. The average Bonchev–Trinajstić information content (AvgIpc) is 2.54. The first-order valence-electron chi connectivity index (χ1n) is 6.54. The summed E-state index contributed by atoms with van der Waals surface area (Å²) in [6.45, 7) is 0. The van der Waals surface area contributed by atoms with Crippen molar-refractivity contribution in [3.05, 3.63) is 52.1 Å². The lowest BCUT2D eigenvalue weighted by Gasteiger charge is -2.06. The summed E-state index contributed by atoms with van der Waals surface area (Å²) in [4.78, 5) is 25.9. The molecule has 0 atom stereocenters. The van der Waals surface area contributed by atoms with Crippen LogP contribution < -0.4 is 5.32 Å². The highest BCUT2D eigenvalue weighted by Crippen LogP contribution is 2.26. The summed E-state index contributed by atoms with van der Waals surface area (Å²) in [6.07, 6.45) is 0.201. The molecule has 0 bridgehead atoms. The van der Waals surface area contributed by atoms with Crippen LogP contribution in [0.2, 0.25) is 0 Å². The van der Waals surface area contributed by atoms with E-state index in [0.29, 0.717) is 5.69 Å². The van der Waals surface area contributed by atoms with E-state index in [1.807, 2.05) is 12.1 Å². The SMILES string of the molecule is CNc1nc(-c2ccc(CC(=O)OC)cc2)ccc1[N+](=O)[O-]. The standard InChI is InChI=1S/C15H15N3O4/c1-16-15-13(18(20)21)8-7-12(17-15)11-5-3-10(4-6-11)9-14(19)22-2/h3-8H,9H2,1-2H3,(H,16,17). The number of carbonyl (C=O) groups is 1.